The van der Waals surface area contributed by atoms with E-state index >= 15 is 0 Å². The van der Waals surface area contributed by atoms with E-state index in [9.17, 15) is 24.3 Å². The largest absolute Gasteiger partial charge is 0.488 e. The van der Waals surface area contributed by atoms with E-state index < -0.39 is 29.9 Å². The summed E-state index contributed by atoms with van der Waals surface area (Å²) in [6, 6.07) is 7.19. The zero-order chi connectivity index (χ0) is 29.4. The molecule has 3 amide bonds. The first-order valence-corrected chi connectivity index (χ1v) is 13.7. The fraction of sp³-hybridized carbons (Fsp3) is 0.310. The van der Waals surface area contributed by atoms with Crippen molar-refractivity contribution in [2.45, 2.75) is 39.0 Å². The van der Waals surface area contributed by atoms with Crippen molar-refractivity contribution in [2.75, 3.05) is 13.1 Å². The Morgan fingerprint density at radius 2 is 1.95 bits per heavy atom. The maximum Gasteiger partial charge on any atom is 0.328 e. The van der Waals surface area contributed by atoms with Crippen LogP contribution < -0.4 is 10.6 Å². The molecule has 0 spiro atoms. The van der Waals surface area contributed by atoms with Gasteiger partial charge in [0.05, 0.1) is 28.1 Å². The summed E-state index contributed by atoms with van der Waals surface area (Å²) in [6.07, 6.45) is 2.66. The van der Waals surface area contributed by atoms with Gasteiger partial charge in [0.25, 0.3) is 17.7 Å². The van der Waals surface area contributed by atoms with E-state index in [1.807, 2.05) is 26.0 Å². The van der Waals surface area contributed by atoms with Gasteiger partial charge in [-0.25, -0.2) is 4.79 Å². The van der Waals surface area contributed by atoms with Crippen LogP contribution in [0.25, 0.3) is 11.0 Å². The predicted molar refractivity (Wildman–Crippen MR) is 151 cm³/mol. The molecule has 2 unspecified atom stereocenters. The fourth-order valence-corrected chi connectivity index (χ4v) is 5.73. The van der Waals surface area contributed by atoms with Crippen molar-refractivity contribution in [3.05, 3.63) is 80.7 Å². The molecule has 2 aliphatic rings. The Bertz CT molecular complexity index is 1600. The molecule has 3 aromatic rings. The van der Waals surface area contributed by atoms with Gasteiger partial charge >= 0.3 is 5.97 Å². The van der Waals surface area contributed by atoms with Crippen LogP contribution in [-0.4, -0.2) is 58.9 Å². The number of carboxylic acid groups (broad SMARTS) is 1. The molecule has 12 heteroatoms. The van der Waals surface area contributed by atoms with E-state index in [4.69, 9.17) is 32.4 Å². The minimum absolute atomic E-state index is 0.0143. The van der Waals surface area contributed by atoms with E-state index in [2.05, 4.69) is 10.6 Å². The molecule has 0 bridgehead atoms. The highest BCUT2D eigenvalue weighted by atomic mass is 35.5. The lowest BCUT2D eigenvalue weighted by Crippen LogP contribution is -2.50. The molecule has 0 saturated heterocycles. The van der Waals surface area contributed by atoms with E-state index in [1.54, 1.807) is 29.4 Å². The van der Waals surface area contributed by atoms with Gasteiger partial charge in [0.1, 0.15) is 11.6 Å². The lowest BCUT2D eigenvalue weighted by molar-refractivity contribution is -0.139. The molecular weight excluding hydrogens is 573 g/mol. The number of nitrogens with zero attached hydrogens (tertiary/aromatic N) is 1. The standard InChI is InChI=1S/C29H27Cl2N3O7/c1-14-13-41-25(15(14)2)27(36)32-11-21(29(38)39)33-26(35)23-20(30)9-18-12-34(7-5-19(18)24(23)31)28(37)17-4-3-16-6-8-40-22(16)10-17/h3-4,6,8-10,13,15,21,25H,5,7,11-12H2,1-2H3,(H,32,36)(H,33,35)(H,38,39)/t15?,21-,25?/m0/s1. The Morgan fingerprint density at radius 3 is 2.66 bits per heavy atom. The molecule has 2 aliphatic heterocycles. The fourth-order valence-electron chi connectivity index (χ4n) is 4.97. The summed E-state index contributed by atoms with van der Waals surface area (Å²) in [4.78, 5) is 52.4. The number of furan rings is 1. The number of aliphatic carboxylic acids is 1. The summed E-state index contributed by atoms with van der Waals surface area (Å²) in [5, 5.41) is 15.6. The molecule has 5 rings (SSSR count). The molecule has 214 valence electrons. The van der Waals surface area contributed by atoms with Gasteiger partial charge in [-0.3, -0.25) is 14.4 Å². The number of halogens is 2. The summed E-state index contributed by atoms with van der Waals surface area (Å²) in [7, 11) is 0. The van der Waals surface area contributed by atoms with Crippen LogP contribution in [0.4, 0.5) is 0 Å². The second kappa shape index (κ2) is 11.5. The second-order valence-corrected chi connectivity index (χ2v) is 10.9. The van der Waals surface area contributed by atoms with Crippen LogP contribution in [0.5, 0.6) is 0 Å². The number of nitrogens with one attached hydrogen (secondary N) is 2. The van der Waals surface area contributed by atoms with Crippen LogP contribution in [-0.2, 0) is 27.3 Å². The molecule has 3 atom stereocenters. The highest BCUT2D eigenvalue weighted by molar-refractivity contribution is 6.40. The Labute approximate surface area is 245 Å². The summed E-state index contributed by atoms with van der Waals surface area (Å²) in [5.41, 5.74) is 3.26. The van der Waals surface area contributed by atoms with E-state index in [0.717, 1.165) is 11.0 Å². The van der Waals surface area contributed by atoms with Gasteiger partial charge in [-0.05, 0) is 54.3 Å². The van der Waals surface area contributed by atoms with Crippen molar-refractivity contribution in [2.24, 2.45) is 5.92 Å². The van der Waals surface area contributed by atoms with Crippen LogP contribution in [0.2, 0.25) is 10.0 Å². The van der Waals surface area contributed by atoms with Gasteiger partial charge in [-0.1, -0.05) is 36.2 Å². The molecule has 3 heterocycles. The smallest absolute Gasteiger partial charge is 0.328 e. The summed E-state index contributed by atoms with van der Waals surface area (Å²) in [5.74, 6) is -2.97. The number of carbonyl (C=O) groups is 4. The predicted octanol–water partition coefficient (Wildman–Crippen LogP) is 4.18. The number of hydrogen-bond acceptors (Lipinski definition) is 6. The highest BCUT2D eigenvalue weighted by Gasteiger charge is 2.34. The Hall–Kier alpha value is -4.02. The summed E-state index contributed by atoms with van der Waals surface area (Å²) >= 11 is 13.1. The van der Waals surface area contributed by atoms with Crippen molar-refractivity contribution >= 4 is 57.9 Å². The van der Waals surface area contributed by atoms with Crippen molar-refractivity contribution < 1.29 is 33.4 Å². The second-order valence-electron chi connectivity index (χ2n) is 10.2. The van der Waals surface area contributed by atoms with Crippen LogP contribution in [0.15, 0.2) is 52.8 Å². The van der Waals surface area contributed by atoms with Crippen LogP contribution in [0.3, 0.4) is 0 Å². The molecule has 0 saturated carbocycles. The van der Waals surface area contributed by atoms with E-state index in [-0.39, 0.29) is 40.5 Å². The first-order valence-electron chi connectivity index (χ1n) is 12.9. The zero-order valence-electron chi connectivity index (χ0n) is 22.2. The van der Waals surface area contributed by atoms with Gasteiger partial charge < -0.3 is 29.8 Å². The third-order valence-electron chi connectivity index (χ3n) is 7.54. The van der Waals surface area contributed by atoms with Crippen LogP contribution >= 0.6 is 23.2 Å². The lowest BCUT2D eigenvalue weighted by atomic mass is 9.95. The van der Waals surface area contributed by atoms with Gasteiger partial charge in [-0.15, -0.1) is 0 Å². The lowest BCUT2D eigenvalue weighted by Gasteiger charge is -2.30. The van der Waals surface area contributed by atoms with Crippen molar-refractivity contribution in [1.82, 2.24) is 15.5 Å². The molecule has 10 nitrogen and oxygen atoms in total. The van der Waals surface area contributed by atoms with Crippen LogP contribution in [0, 0.1) is 5.92 Å². The summed E-state index contributed by atoms with van der Waals surface area (Å²) < 4.78 is 10.8. The molecule has 3 N–H and O–H groups in total. The normalized spacial score (nSPS) is 18.7. The maximum absolute atomic E-state index is 13.2. The van der Waals surface area contributed by atoms with Crippen molar-refractivity contribution in [3.63, 3.8) is 0 Å². The number of hydrogen-bond donors (Lipinski definition) is 3. The van der Waals surface area contributed by atoms with Gasteiger partial charge in [0, 0.05) is 36.5 Å². The minimum Gasteiger partial charge on any atom is -0.488 e. The molecule has 41 heavy (non-hydrogen) atoms. The average molecular weight is 600 g/mol. The zero-order valence-corrected chi connectivity index (χ0v) is 23.7. The monoisotopic (exact) mass is 599 g/mol. The number of ether oxygens (including phenoxy) is 1. The first-order chi connectivity index (χ1) is 19.5. The number of fused-ring (bicyclic) bond motifs is 2. The van der Waals surface area contributed by atoms with Crippen LogP contribution in [0.1, 0.15) is 45.7 Å². The Kier molecular flexibility index (Phi) is 7.97. The highest BCUT2D eigenvalue weighted by Crippen LogP contribution is 2.35. The minimum atomic E-state index is -1.44. The third-order valence-corrected chi connectivity index (χ3v) is 8.25. The van der Waals surface area contributed by atoms with Gasteiger partial charge in [0.15, 0.2) is 6.10 Å². The SMILES string of the molecule is CC1=COC(C(=O)NC[C@H](NC(=O)c2c(Cl)cc3c(c2Cl)CCN(C(=O)c2ccc4ccoc4c2)C3)C(=O)O)C1C. The van der Waals surface area contributed by atoms with Crippen molar-refractivity contribution in [1.29, 1.82) is 0 Å². The number of carbonyl (C=O) groups excluding carboxylic acids is 3. The average Bonchev–Trinajstić information content (AvgIpc) is 3.55. The summed E-state index contributed by atoms with van der Waals surface area (Å²) in [6.45, 7) is 3.87. The van der Waals surface area contributed by atoms with E-state index in [1.165, 1.54) is 6.26 Å². The van der Waals surface area contributed by atoms with Crippen molar-refractivity contribution in [3.8, 4) is 0 Å². The molecule has 2 aromatic carbocycles. The quantitative estimate of drug-likeness (QED) is 0.370. The number of benzene rings is 2. The number of carboxylic acids is 1. The van der Waals surface area contributed by atoms with Gasteiger partial charge in [-0.2, -0.15) is 0 Å². The molecular formula is C29H27Cl2N3O7. The number of rotatable bonds is 7. The molecule has 0 radical (unpaired) electrons. The third kappa shape index (κ3) is 5.62. The Morgan fingerprint density at radius 1 is 1.17 bits per heavy atom. The first kappa shape index (κ1) is 28.5. The molecule has 1 aromatic heterocycles. The molecule has 0 aliphatic carbocycles. The maximum atomic E-state index is 13.2. The Balaban J connectivity index is 1.27. The van der Waals surface area contributed by atoms with Gasteiger partial charge in [0.2, 0.25) is 0 Å². The topological polar surface area (TPSA) is 138 Å². The van der Waals surface area contributed by atoms with E-state index in [0.29, 0.717) is 35.2 Å². The molecule has 0 fully saturated rings. The number of amides is 3.